The highest BCUT2D eigenvalue weighted by atomic mass is 35.5. The number of amides is 2. The van der Waals surface area contributed by atoms with Crippen molar-refractivity contribution in [2.24, 2.45) is 0 Å². The highest BCUT2D eigenvalue weighted by Gasteiger charge is 2.20. The molecule has 1 N–H and O–H groups in total. The van der Waals surface area contributed by atoms with E-state index in [1.165, 1.54) is 0 Å². The Hall–Kier alpha value is -2.09. The molecule has 2 rings (SSSR count). The van der Waals surface area contributed by atoms with Crippen LogP contribution < -0.4 is 10.1 Å². The van der Waals surface area contributed by atoms with Crippen molar-refractivity contribution in [1.82, 2.24) is 15.1 Å². The number of rotatable bonds is 5. The van der Waals surface area contributed by atoms with Gasteiger partial charge in [-0.05, 0) is 51.0 Å². The van der Waals surface area contributed by atoms with Crippen molar-refractivity contribution in [3.8, 4) is 5.75 Å². The third kappa shape index (κ3) is 11.6. The molecule has 33 heavy (non-hydrogen) atoms. The summed E-state index contributed by atoms with van der Waals surface area (Å²) in [5.41, 5.74) is 0.541. The van der Waals surface area contributed by atoms with Crippen LogP contribution in [0.15, 0.2) is 42.0 Å². The first-order valence-corrected chi connectivity index (χ1v) is 12.0. The Kier molecular flexibility index (Phi) is 16.3. The minimum atomic E-state index is -0.263. The molecule has 184 valence electrons. The standard InChI is InChI=1S/C15H23N3O2S.C7H6Cl2O.C2H6/c1-4-8-12(5-2)14(20)16-15(21)17(3)11-13(19)18-9-6-7-10-18;1-10-5-2-3-6(8)7(9)4-5;1-2/h4-5,8H,6-7,9-11H2,1-3H3,(H,16,20,21);2-4H,1H3;1-2H3/b8-4-,12-5+;;. The average Bonchev–Trinajstić information content (AvgIpc) is 3.36. The van der Waals surface area contributed by atoms with Crippen LogP contribution in [0.4, 0.5) is 0 Å². The van der Waals surface area contributed by atoms with Gasteiger partial charge in [-0.2, -0.15) is 0 Å². The fraction of sp³-hybridized carbons (Fsp3) is 0.458. The van der Waals surface area contributed by atoms with Crippen LogP contribution in [-0.2, 0) is 9.59 Å². The Balaban J connectivity index is 0.000000709. The average molecular weight is 517 g/mol. The van der Waals surface area contributed by atoms with E-state index < -0.39 is 0 Å². The lowest BCUT2D eigenvalue weighted by molar-refractivity contribution is -0.130. The zero-order valence-electron chi connectivity index (χ0n) is 20.3. The molecular weight excluding hydrogens is 481 g/mol. The number of ether oxygens (including phenoxy) is 1. The van der Waals surface area contributed by atoms with Gasteiger partial charge in [-0.15, -0.1) is 0 Å². The van der Waals surface area contributed by atoms with Crippen LogP contribution >= 0.6 is 35.4 Å². The number of methoxy groups -OCH3 is 1. The Morgan fingerprint density at radius 1 is 1.18 bits per heavy atom. The molecule has 0 radical (unpaired) electrons. The van der Waals surface area contributed by atoms with Crippen molar-refractivity contribution >= 4 is 52.3 Å². The van der Waals surface area contributed by atoms with Gasteiger partial charge >= 0.3 is 0 Å². The number of carbonyl (C=O) groups is 2. The van der Waals surface area contributed by atoms with Crippen LogP contribution in [0.1, 0.15) is 40.5 Å². The third-order valence-corrected chi connectivity index (χ3v) is 5.60. The number of allylic oxidation sites excluding steroid dienone is 2. The molecule has 1 heterocycles. The molecular formula is C24H35Cl2N3O3S. The maximum absolute atomic E-state index is 12.0. The smallest absolute Gasteiger partial charge is 0.257 e. The second-order valence-electron chi connectivity index (χ2n) is 6.73. The van der Waals surface area contributed by atoms with Crippen LogP contribution in [0.2, 0.25) is 10.0 Å². The molecule has 9 heteroatoms. The Labute approximate surface area is 213 Å². The van der Waals surface area contributed by atoms with E-state index in [1.54, 1.807) is 62.4 Å². The summed E-state index contributed by atoms with van der Waals surface area (Å²) in [5.74, 6) is 0.502. The van der Waals surface area contributed by atoms with Crippen LogP contribution in [0.25, 0.3) is 0 Å². The predicted molar refractivity (Wildman–Crippen MR) is 142 cm³/mol. The van der Waals surface area contributed by atoms with Gasteiger partial charge in [-0.1, -0.05) is 55.3 Å². The normalized spacial score (nSPS) is 12.8. The van der Waals surface area contributed by atoms with Crippen molar-refractivity contribution < 1.29 is 14.3 Å². The predicted octanol–water partition coefficient (Wildman–Crippen LogP) is 5.49. The van der Waals surface area contributed by atoms with Gasteiger partial charge < -0.3 is 14.5 Å². The van der Waals surface area contributed by atoms with Gasteiger partial charge in [0, 0.05) is 31.8 Å². The first-order chi connectivity index (χ1) is 15.7. The van der Waals surface area contributed by atoms with Crippen LogP contribution in [0, 0.1) is 0 Å². The van der Waals surface area contributed by atoms with Crippen molar-refractivity contribution in [2.45, 2.75) is 40.5 Å². The molecule has 1 aromatic carbocycles. The van der Waals surface area contributed by atoms with Crippen molar-refractivity contribution in [3.63, 3.8) is 0 Å². The number of benzene rings is 1. The molecule has 1 saturated heterocycles. The number of carbonyl (C=O) groups excluding carboxylic acids is 2. The molecule has 2 amide bonds. The van der Waals surface area contributed by atoms with Crippen molar-refractivity contribution in [3.05, 3.63) is 52.0 Å². The summed E-state index contributed by atoms with van der Waals surface area (Å²) in [4.78, 5) is 27.4. The van der Waals surface area contributed by atoms with Crippen molar-refractivity contribution in [2.75, 3.05) is 33.8 Å². The molecule has 0 unspecified atom stereocenters. The van der Waals surface area contributed by atoms with Gasteiger partial charge in [0.15, 0.2) is 5.11 Å². The molecule has 6 nitrogen and oxygen atoms in total. The fourth-order valence-electron chi connectivity index (χ4n) is 2.69. The van der Waals surface area contributed by atoms with E-state index in [-0.39, 0.29) is 23.5 Å². The summed E-state index contributed by atoms with van der Waals surface area (Å²) in [7, 11) is 3.29. The van der Waals surface area contributed by atoms with Crippen LogP contribution in [-0.4, -0.2) is 60.5 Å². The van der Waals surface area contributed by atoms with E-state index in [2.05, 4.69) is 5.32 Å². The maximum atomic E-state index is 12.0. The Morgan fingerprint density at radius 3 is 2.27 bits per heavy atom. The van der Waals surface area contributed by atoms with Gasteiger partial charge in [-0.3, -0.25) is 14.9 Å². The molecule has 0 atom stereocenters. The molecule has 1 aliphatic rings. The highest BCUT2D eigenvalue weighted by molar-refractivity contribution is 7.80. The molecule has 0 aliphatic carbocycles. The summed E-state index contributed by atoms with van der Waals surface area (Å²) in [6, 6.07) is 5.13. The largest absolute Gasteiger partial charge is 0.497 e. The van der Waals surface area contributed by atoms with E-state index in [1.807, 2.05) is 25.7 Å². The second-order valence-corrected chi connectivity index (χ2v) is 7.93. The van der Waals surface area contributed by atoms with E-state index in [0.717, 1.165) is 31.7 Å². The summed E-state index contributed by atoms with van der Waals surface area (Å²) in [6.07, 6.45) is 7.34. The SMILES string of the molecule is C/C=C\C(=C/C)C(=O)NC(=S)N(C)CC(=O)N1CCCC1.CC.COc1ccc(Cl)c(Cl)c1. The van der Waals surface area contributed by atoms with Gasteiger partial charge in [0.25, 0.3) is 5.91 Å². The zero-order valence-corrected chi connectivity index (χ0v) is 22.6. The highest BCUT2D eigenvalue weighted by Crippen LogP contribution is 2.25. The number of likely N-dealkylation sites (tertiary alicyclic amines) is 1. The lowest BCUT2D eigenvalue weighted by Crippen LogP contribution is -2.45. The number of nitrogens with one attached hydrogen (secondary N) is 1. The molecule has 0 bridgehead atoms. The third-order valence-electron chi connectivity index (χ3n) is 4.44. The molecule has 1 aliphatic heterocycles. The quantitative estimate of drug-likeness (QED) is 0.319. The number of halogens is 2. The molecule has 1 aromatic rings. The summed E-state index contributed by atoms with van der Waals surface area (Å²) >= 11 is 16.5. The number of likely N-dealkylation sites (N-methyl/N-ethyl adjacent to an activating group) is 1. The maximum Gasteiger partial charge on any atom is 0.257 e. The lowest BCUT2D eigenvalue weighted by Gasteiger charge is -2.23. The fourth-order valence-corrected chi connectivity index (χ4v) is 3.14. The number of thiocarbonyl (C=S) groups is 1. The number of nitrogens with zero attached hydrogens (tertiary/aromatic N) is 2. The van der Waals surface area contributed by atoms with E-state index in [4.69, 9.17) is 40.2 Å². The first-order valence-electron chi connectivity index (χ1n) is 10.9. The summed E-state index contributed by atoms with van der Waals surface area (Å²) in [6.45, 7) is 9.45. The molecule has 0 aromatic heterocycles. The lowest BCUT2D eigenvalue weighted by atomic mass is 10.2. The first kappa shape index (κ1) is 30.9. The van der Waals surface area contributed by atoms with Crippen molar-refractivity contribution in [1.29, 1.82) is 0 Å². The molecule has 0 saturated carbocycles. The summed E-state index contributed by atoms with van der Waals surface area (Å²) in [5, 5.41) is 3.96. The van der Waals surface area contributed by atoms with Gasteiger partial charge in [0.2, 0.25) is 5.91 Å². The van der Waals surface area contributed by atoms with Gasteiger partial charge in [-0.25, -0.2) is 0 Å². The van der Waals surface area contributed by atoms with E-state index in [9.17, 15) is 9.59 Å². The van der Waals surface area contributed by atoms with Gasteiger partial charge in [0.05, 0.1) is 23.7 Å². The number of hydrogen-bond acceptors (Lipinski definition) is 4. The Bertz CT molecular complexity index is 838. The topological polar surface area (TPSA) is 61.9 Å². The van der Waals surface area contributed by atoms with E-state index in [0.29, 0.717) is 15.6 Å². The minimum Gasteiger partial charge on any atom is -0.497 e. The van der Waals surface area contributed by atoms with Crippen LogP contribution in [0.5, 0.6) is 5.75 Å². The van der Waals surface area contributed by atoms with Crippen LogP contribution in [0.3, 0.4) is 0 Å². The monoisotopic (exact) mass is 515 g/mol. The molecule has 1 fully saturated rings. The summed E-state index contributed by atoms with van der Waals surface area (Å²) < 4.78 is 4.91. The van der Waals surface area contributed by atoms with E-state index >= 15 is 0 Å². The zero-order chi connectivity index (χ0) is 25.4. The number of hydrogen-bond donors (Lipinski definition) is 1. The Morgan fingerprint density at radius 2 is 1.79 bits per heavy atom. The second kappa shape index (κ2) is 17.4. The molecule has 0 spiro atoms. The minimum absolute atomic E-state index is 0.0475. The van der Waals surface area contributed by atoms with Gasteiger partial charge in [0.1, 0.15) is 5.75 Å².